The molecule has 0 aliphatic rings. The van der Waals surface area contributed by atoms with Crippen molar-refractivity contribution in [2.45, 2.75) is 6.92 Å². The minimum atomic E-state index is -0.935. The maximum absolute atomic E-state index is 14.5. The molecule has 7 heteroatoms. The molecule has 0 bridgehead atoms. The Morgan fingerprint density at radius 3 is 2.11 bits per heavy atom. The summed E-state index contributed by atoms with van der Waals surface area (Å²) in [6.45, 7) is 1.27. The molecule has 0 radical (unpaired) electrons. The van der Waals surface area contributed by atoms with Gasteiger partial charge in [-0.3, -0.25) is 0 Å². The van der Waals surface area contributed by atoms with Crippen molar-refractivity contribution in [1.82, 2.24) is 4.98 Å². The van der Waals surface area contributed by atoms with Crippen molar-refractivity contribution in [3.63, 3.8) is 0 Å². The number of nitriles is 1. The van der Waals surface area contributed by atoms with Gasteiger partial charge in [-0.25, -0.2) is 8.78 Å². The summed E-state index contributed by atoms with van der Waals surface area (Å²) >= 11 is 0. The van der Waals surface area contributed by atoms with E-state index in [1.807, 2.05) is 25.1 Å². The minimum Gasteiger partial charge on any atom is -0.436 e. The second-order valence-corrected chi connectivity index (χ2v) is 6.21. The second-order valence-electron chi connectivity index (χ2n) is 6.21. The van der Waals surface area contributed by atoms with Gasteiger partial charge in [0.1, 0.15) is 11.5 Å². The van der Waals surface area contributed by atoms with Crippen LogP contribution in [0, 0.1) is 29.9 Å². The average Bonchev–Trinajstić information content (AvgIpc) is 2.70. The predicted octanol–water partition coefficient (Wildman–Crippen LogP) is 5.19. The highest BCUT2D eigenvalue weighted by molar-refractivity contribution is 5.48. The number of rotatable bonds is 5. The normalized spacial score (nSPS) is 10.3. The molecule has 2 aromatic carbocycles. The second kappa shape index (κ2) is 7.92. The van der Waals surface area contributed by atoms with Crippen molar-refractivity contribution in [1.29, 1.82) is 5.26 Å². The van der Waals surface area contributed by atoms with Crippen LogP contribution in [0.2, 0.25) is 0 Å². The van der Waals surface area contributed by atoms with Crippen LogP contribution in [0.5, 0.6) is 23.3 Å². The van der Waals surface area contributed by atoms with E-state index in [2.05, 4.69) is 4.98 Å². The van der Waals surface area contributed by atoms with Gasteiger partial charge in [0.15, 0.2) is 11.6 Å². The van der Waals surface area contributed by atoms with Crippen LogP contribution in [0.4, 0.5) is 14.5 Å². The number of benzene rings is 2. The van der Waals surface area contributed by atoms with Gasteiger partial charge in [0.2, 0.25) is 0 Å². The molecular formula is C21H17F2N3O2. The van der Waals surface area contributed by atoms with Crippen molar-refractivity contribution >= 4 is 5.69 Å². The molecule has 0 spiro atoms. The number of anilines is 1. The highest BCUT2D eigenvalue weighted by Crippen LogP contribution is 2.33. The molecule has 3 aromatic rings. The Morgan fingerprint density at radius 1 is 0.929 bits per heavy atom. The zero-order valence-electron chi connectivity index (χ0n) is 15.5. The largest absolute Gasteiger partial charge is 0.436 e. The fraction of sp³-hybridized carbons (Fsp3) is 0.143. The molecule has 0 unspecified atom stereocenters. The summed E-state index contributed by atoms with van der Waals surface area (Å²) in [4.78, 5) is 5.76. The Balaban J connectivity index is 1.92. The summed E-state index contributed by atoms with van der Waals surface area (Å²) in [6, 6.07) is 15.0. The van der Waals surface area contributed by atoms with E-state index in [1.165, 1.54) is 13.0 Å². The number of hydrogen-bond donors (Lipinski definition) is 0. The molecule has 0 saturated heterocycles. The van der Waals surface area contributed by atoms with E-state index in [-0.39, 0.29) is 11.3 Å². The zero-order valence-corrected chi connectivity index (χ0v) is 15.5. The van der Waals surface area contributed by atoms with Crippen LogP contribution in [0.15, 0.2) is 48.5 Å². The molecule has 0 amide bonds. The highest BCUT2D eigenvalue weighted by atomic mass is 19.1. The Labute approximate surface area is 161 Å². The molecule has 5 nitrogen and oxygen atoms in total. The van der Waals surface area contributed by atoms with E-state index in [0.717, 1.165) is 5.69 Å². The van der Waals surface area contributed by atoms with Crippen molar-refractivity contribution in [2.75, 3.05) is 19.0 Å². The van der Waals surface area contributed by atoms with Gasteiger partial charge < -0.3 is 14.4 Å². The lowest BCUT2D eigenvalue weighted by Crippen LogP contribution is -2.08. The van der Waals surface area contributed by atoms with E-state index in [4.69, 9.17) is 14.7 Å². The van der Waals surface area contributed by atoms with Gasteiger partial charge in [-0.05, 0) is 49.4 Å². The molecule has 0 aliphatic heterocycles. The van der Waals surface area contributed by atoms with Gasteiger partial charge in [0, 0.05) is 25.3 Å². The summed E-state index contributed by atoms with van der Waals surface area (Å²) in [7, 11) is 3.79. The van der Waals surface area contributed by atoms with Gasteiger partial charge in [-0.1, -0.05) is 6.07 Å². The third kappa shape index (κ3) is 4.01. The maximum atomic E-state index is 14.5. The Hall–Kier alpha value is -3.66. The number of aromatic nitrogens is 1. The number of nitrogens with zero attached hydrogens (tertiary/aromatic N) is 3. The van der Waals surface area contributed by atoms with Crippen LogP contribution in [-0.2, 0) is 0 Å². The van der Waals surface area contributed by atoms with Gasteiger partial charge in [0.05, 0.1) is 11.6 Å². The molecule has 1 aromatic heterocycles. The van der Waals surface area contributed by atoms with E-state index < -0.39 is 23.4 Å². The summed E-state index contributed by atoms with van der Waals surface area (Å²) in [5.41, 5.74) is 1.01. The summed E-state index contributed by atoms with van der Waals surface area (Å²) in [5, 5.41) is 8.96. The van der Waals surface area contributed by atoms with Gasteiger partial charge >= 0.3 is 0 Å². The quantitative estimate of drug-likeness (QED) is 0.609. The van der Waals surface area contributed by atoms with Crippen LogP contribution < -0.4 is 14.4 Å². The fourth-order valence-electron chi connectivity index (χ4n) is 2.41. The predicted molar refractivity (Wildman–Crippen MR) is 101 cm³/mol. The van der Waals surface area contributed by atoms with E-state index >= 15 is 0 Å². The molecular weight excluding hydrogens is 364 g/mol. The van der Waals surface area contributed by atoms with Crippen molar-refractivity contribution in [3.05, 3.63) is 71.3 Å². The molecule has 28 heavy (non-hydrogen) atoms. The van der Waals surface area contributed by atoms with Crippen LogP contribution in [0.1, 0.15) is 11.1 Å². The summed E-state index contributed by atoms with van der Waals surface area (Å²) in [5.74, 6) is -2.13. The number of hydrogen-bond acceptors (Lipinski definition) is 5. The fourth-order valence-corrected chi connectivity index (χ4v) is 2.41. The third-order valence-electron chi connectivity index (χ3n) is 3.98. The van der Waals surface area contributed by atoms with Gasteiger partial charge in [0.25, 0.3) is 11.8 Å². The topological polar surface area (TPSA) is 58.4 Å². The third-order valence-corrected chi connectivity index (χ3v) is 3.98. The number of pyridine rings is 1. The van der Waals surface area contributed by atoms with Crippen molar-refractivity contribution in [2.24, 2.45) is 0 Å². The first kappa shape index (κ1) is 19.1. The number of ether oxygens (including phenoxy) is 2. The van der Waals surface area contributed by atoms with Crippen molar-refractivity contribution < 1.29 is 18.3 Å². The standard InChI is InChI=1S/C21H17F2N3O2/c1-13-18(22)20(27-16-9-7-15(8-10-16)26(2)3)25-21(19(13)23)28-17-6-4-5-14(11-17)12-24/h4-11H,1-3H3. The summed E-state index contributed by atoms with van der Waals surface area (Å²) in [6.07, 6.45) is 0. The summed E-state index contributed by atoms with van der Waals surface area (Å²) < 4.78 is 39.8. The monoisotopic (exact) mass is 381 g/mol. The molecule has 0 saturated carbocycles. The van der Waals surface area contributed by atoms with Crippen LogP contribution >= 0.6 is 0 Å². The Kier molecular flexibility index (Phi) is 5.41. The lowest BCUT2D eigenvalue weighted by atomic mass is 10.2. The molecule has 0 atom stereocenters. The lowest BCUT2D eigenvalue weighted by Gasteiger charge is -2.14. The first-order valence-corrected chi connectivity index (χ1v) is 8.38. The van der Waals surface area contributed by atoms with Crippen LogP contribution in [-0.4, -0.2) is 19.1 Å². The van der Waals surface area contributed by atoms with Crippen molar-refractivity contribution in [3.8, 4) is 29.3 Å². The number of halogens is 2. The first-order chi connectivity index (χ1) is 13.4. The minimum absolute atomic E-state index is 0.206. The zero-order chi connectivity index (χ0) is 20.3. The smallest absolute Gasteiger partial charge is 0.259 e. The molecule has 0 aliphatic carbocycles. The lowest BCUT2D eigenvalue weighted by molar-refractivity contribution is 0.373. The Morgan fingerprint density at radius 2 is 1.54 bits per heavy atom. The Bertz CT molecular complexity index is 1040. The van der Waals surface area contributed by atoms with Crippen LogP contribution in [0.25, 0.3) is 0 Å². The molecule has 142 valence electrons. The maximum Gasteiger partial charge on any atom is 0.259 e. The highest BCUT2D eigenvalue weighted by Gasteiger charge is 2.21. The van der Waals surface area contributed by atoms with E-state index in [0.29, 0.717) is 11.3 Å². The first-order valence-electron chi connectivity index (χ1n) is 8.38. The van der Waals surface area contributed by atoms with E-state index in [9.17, 15) is 8.78 Å². The van der Waals surface area contributed by atoms with E-state index in [1.54, 1.807) is 42.5 Å². The molecule has 0 N–H and O–H groups in total. The molecule has 1 heterocycles. The molecule has 0 fully saturated rings. The van der Waals surface area contributed by atoms with Gasteiger partial charge in [-0.2, -0.15) is 10.2 Å². The SMILES string of the molecule is Cc1c(F)c(Oc2ccc(N(C)C)cc2)nc(Oc2cccc(C#N)c2)c1F. The van der Waals surface area contributed by atoms with Gasteiger partial charge in [-0.15, -0.1) is 0 Å². The van der Waals surface area contributed by atoms with Crippen LogP contribution in [0.3, 0.4) is 0 Å². The average molecular weight is 381 g/mol. The molecule has 3 rings (SSSR count).